The highest BCUT2D eigenvalue weighted by Crippen LogP contribution is 2.21. The van der Waals surface area contributed by atoms with Crippen LogP contribution in [0.2, 0.25) is 0 Å². The molecule has 1 aliphatic carbocycles. The zero-order valence-electron chi connectivity index (χ0n) is 6.54. The number of rotatable bonds is 1. The van der Waals surface area contributed by atoms with Crippen LogP contribution in [-0.4, -0.2) is 34.5 Å². The fourth-order valence-electron chi connectivity index (χ4n) is 1.39. The van der Waals surface area contributed by atoms with Gasteiger partial charge in [0.15, 0.2) is 0 Å². The first-order valence-electron chi connectivity index (χ1n) is 3.82. The number of aliphatic hydroxyl groups is 2. The van der Waals surface area contributed by atoms with E-state index in [1.54, 1.807) is 0 Å². The van der Waals surface area contributed by atoms with E-state index in [-0.39, 0.29) is 0 Å². The van der Waals surface area contributed by atoms with Crippen molar-refractivity contribution in [3.8, 4) is 0 Å². The summed E-state index contributed by atoms with van der Waals surface area (Å²) in [6.07, 6.45) is -0.665. The first kappa shape index (κ1) is 9.28. The third kappa shape index (κ3) is 1.67. The summed E-state index contributed by atoms with van der Waals surface area (Å²) in [5.41, 5.74) is 13.7. The van der Waals surface area contributed by atoms with Gasteiger partial charge in [-0.15, -0.1) is 0 Å². The lowest BCUT2D eigenvalue weighted by Gasteiger charge is -2.33. The summed E-state index contributed by atoms with van der Waals surface area (Å²) in [6, 6.07) is -1.19. The van der Waals surface area contributed by atoms with Gasteiger partial charge in [0.1, 0.15) is 0 Å². The van der Waals surface area contributed by atoms with Gasteiger partial charge in [0.05, 0.1) is 18.2 Å². The molecule has 1 aliphatic rings. The summed E-state index contributed by atoms with van der Waals surface area (Å²) < 4.78 is 0. The molecule has 68 valence electrons. The zero-order valence-corrected chi connectivity index (χ0v) is 6.54. The molecule has 6 nitrogen and oxygen atoms in total. The smallest absolute Gasteiger partial charge is 0.0907 e. The molecule has 0 bridgehead atoms. The van der Waals surface area contributed by atoms with Crippen molar-refractivity contribution in [2.75, 3.05) is 0 Å². The third-order valence-corrected chi connectivity index (χ3v) is 2.16. The van der Waals surface area contributed by atoms with Gasteiger partial charge in [0.2, 0.25) is 0 Å². The van der Waals surface area contributed by atoms with Gasteiger partial charge in [0, 0.05) is 11.0 Å². The molecule has 4 atom stereocenters. The molecule has 1 fully saturated rings. The molecular weight excluding hydrogens is 160 g/mol. The molecule has 4 unspecified atom stereocenters. The van der Waals surface area contributed by atoms with Crippen molar-refractivity contribution < 1.29 is 10.2 Å². The molecule has 0 spiro atoms. The second kappa shape index (κ2) is 3.73. The zero-order chi connectivity index (χ0) is 9.14. The Morgan fingerprint density at radius 1 is 1.42 bits per heavy atom. The Hall–Kier alpha value is -0.810. The molecule has 0 aliphatic heterocycles. The predicted octanol–water partition coefficient (Wildman–Crippen LogP) is -0.492. The Kier molecular flexibility index (Phi) is 2.88. The lowest BCUT2D eigenvalue weighted by atomic mass is 9.87. The van der Waals surface area contributed by atoms with Crippen LogP contribution < -0.4 is 5.73 Å². The minimum atomic E-state index is -0.926. The molecule has 0 saturated heterocycles. The van der Waals surface area contributed by atoms with Crippen molar-refractivity contribution in [2.24, 2.45) is 10.8 Å². The number of hydrogen-bond acceptors (Lipinski definition) is 4. The van der Waals surface area contributed by atoms with Gasteiger partial charge in [-0.05, 0) is 18.4 Å². The van der Waals surface area contributed by atoms with Gasteiger partial charge < -0.3 is 15.9 Å². The molecule has 0 radical (unpaired) electrons. The fourth-order valence-corrected chi connectivity index (χ4v) is 1.39. The summed E-state index contributed by atoms with van der Waals surface area (Å²) >= 11 is 0. The summed E-state index contributed by atoms with van der Waals surface area (Å²) in [4.78, 5) is 2.54. The highest BCUT2D eigenvalue weighted by Gasteiger charge is 2.34. The van der Waals surface area contributed by atoms with Crippen molar-refractivity contribution in [2.45, 2.75) is 37.1 Å². The minimum absolute atomic E-state index is 0.399. The number of nitrogens with two attached hydrogens (primary N) is 1. The number of nitrogens with zero attached hydrogens (tertiary/aromatic N) is 3. The van der Waals surface area contributed by atoms with Gasteiger partial charge >= 0.3 is 0 Å². The largest absolute Gasteiger partial charge is 0.393 e. The van der Waals surface area contributed by atoms with Crippen LogP contribution >= 0.6 is 0 Å². The molecule has 1 saturated carbocycles. The van der Waals surface area contributed by atoms with Gasteiger partial charge in [-0.1, -0.05) is 5.11 Å². The Bertz CT molecular complexity index is 204. The monoisotopic (exact) mass is 172 g/mol. The molecule has 0 aromatic carbocycles. The maximum atomic E-state index is 9.39. The highest BCUT2D eigenvalue weighted by atomic mass is 16.3. The van der Waals surface area contributed by atoms with E-state index in [2.05, 4.69) is 10.0 Å². The van der Waals surface area contributed by atoms with Crippen LogP contribution in [0.3, 0.4) is 0 Å². The van der Waals surface area contributed by atoms with E-state index >= 15 is 0 Å². The van der Waals surface area contributed by atoms with Gasteiger partial charge in [-0.2, -0.15) is 0 Å². The predicted molar refractivity (Wildman–Crippen MR) is 42.2 cm³/mol. The van der Waals surface area contributed by atoms with E-state index in [4.69, 9.17) is 11.3 Å². The van der Waals surface area contributed by atoms with Crippen molar-refractivity contribution in [3.05, 3.63) is 10.4 Å². The Morgan fingerprint density at radius 2 is 2.08 bits per heavy atom. The molecule has 4 N–H and O–H groups in total. The molecule has 1 rings (SSSR count). The molecule has 0 amide bonds. The topological polar surface area (TPSA) is 115 Å². The second-order valence-electron chi connectivity index (χ2n) is 2.99. The van der Waals surface area contributed by atoms with Crippen molar-refractivity contribution in [1.29, 1.82) is 0 Å². The molecular formula is C6H12N4O2. The van der Waals surface area contributed by atoms with Crippen molar-refractivity contribution >= 4 is 0 Å². The first-order valence-corrected chi connectivity index (χ1v) is 3.82. The maximum absolute atomic E-state index is 9.39. The summed E-state index contributed by atoms with van der Waals surface area (Å²) in [6.45, 7) is 0. The van der Waals surface area contributed by atoms with E-state index in [9.17, 15) is 10.2 Å². The fraction of sp³-hybridized carbons (Fsp3) is 1.00. The standard InChI is InChI=1S/C6H12N4O2/c7-3-1-2-4(11)5(6(3)12)9-10-8/h3-6,11-12H,1-2,7H2. The van der Waals surface area contributed by atoms with Crippen LogP contribution in [0.25, 0.3) is 10.4 Å². The van der Waals surface area contributed by atoms with E-state index < -0.39 is 24.3 Å². The van der Waals surface area contributed by atoms with Crippen LogP contribution in [0.4, 0.5) is 0 Å². The van der Waals surface area contributed by atoms with Crippen LogP contribution in [0, 0.1) is 0 Å². The van der Waals surface area contributed by atoms with Gasteiger partial charge in [-0.3, -0.25) is 0 Å². The van der Waals surface area contributed by atoms with E-state index in [0.29, 0.717) is 12.8 Å². The Morgan fingerprint density at radius 3 is 2.67 bits per heavy atom. The van der Waals surface area contributed by atoms with Crippen LogP contribution in [0.1, 0.15) is 12.8 Å². The molecule has 0 aromatic heterocycles. The average molecular weight is 172 g/mol. The minimum Gasteiger partial charge on any atom is -0.393 e. The van der Waals surface area contributed by atoms with Gasteiger partial charge in [-0.25, -0.2) is 0 Å². The van der Waals surface area contributed by atoms with Crippen LogP contribution in [-0.2, 0) is 0 Å². The van der Waals surface area contributed by atoms with E-state index in [1.165, 1.54) is 0 Å². The average Bonchev–Trinajstić information content (AvgIpc) is 2.06. The Labute approximate surface area is 69.6 Å². The van der Waals surface area contributed by atoms with Crippen molar-refractivity contribution in [1.82, 2.24) is 0 Å². The van der Waals surface area contributed by atoms with E-state index in [0.717, 1.165) is 0 Å². The first-order chi connectivity index (χ1) is 5.66. The summed E-state index contributed by atoms with van der Waals surface area (Å²) in [7, 11) is 0. The molecule has 0 heterocycles. The highest BCUT2D eigenvalue weighted by molar-refractivity contribution is 4.94. The Balaban J connectivity index is 2.71. The third-order valence-electron chi connectivity index (χ3n) is 2.16. The lowest BCUT2D eigenvalue weighted by Crippen LogP contribution is -2.51. The quantitative estimate of drug-likeness (QED) is 0.281. The summed E-state index contributed by atoms with van der Waals surface area (Å²) in [5, 5.41) is 22.0. The van der Waals surface area contributed by atoms with Gasteiger partial charge in [0.25, 0.3) is 0 Å². The number of hydrogen-bond donors (Lipinski definition) is 3. The van der Waals surface area contributed by atoms with Crippen molar-refractivity contribution in [3.63, 3.8) is 0 Å². The molecule has 6 heteroatoms. The van der Waals surface area contributed by atoms with Crippen LogP contribution in [0.15, 0.2) is 5.11 Å². The summed E-state index contributed by atoms with van der Waals surface area (Å²) in [5.74, 6) is 0. The maximum Gasteiger partial charge on any atom is 0.0907 e. The molecule has 12 heavy (non-hydrogen) atoms. The number of azide groups is 1. The lowest BCUT2D eigenvalue weighted by molar-refractivity contribution is 0.00555. The second-order valence-corrected chi connectivity index (χ2v) is 2.99. The SMILES string of the molecule is [N-]=[N+]=NC1C(O)CCC(N)C1O. The van der Waals surface area contributed by atoms with Crippen LogP contribution in [0.5, 0.6) is 0 Å². The molecule has 0 aromatic rings. The van der Waals surface area contributed by atoms with E-state index in [1.807, 2.05) is 0 Å². The number of aliphatic hydroxyl groups excluding tert-OH is 2. The normalized spacial score (nSPS) is 41.9.